The Labute approximate surface area is 293 Å². The summed E-state index contributed by atoms with van der Waals surface area (Å²) in [5, 5.41) is 33.2. The zero-order valence-corrected chi connectivity index (χ0v) is 31.7. The third kappa shape index (κ3) is 33.4. The van der Waals surface area contributed by atoms with E-state index in [9.17, 15) is 20.1 Å². The number of amides is 1. The summed E-state index contributed by atoms with van der Waals surface area (Å²) in [6.07, 6.45) is 43.4. The molecule has 0 bridgehead atoms. The fourth-order valence-electron chi connectivity index (χ4n) is 6.54. The normalized spacial score (nSPS) is 13.7. The third-order valence-corrected chi connectivity index (χ3v) is 9.88. The van der Waals surface area contributed by atoms with Gasteiger partial charge < -0.3 is 20.6 Å². The lowest BCUT2D eigenvalue weighted by molar-refractivity contribution is -0.131. The Hall–Kier alpha value is -0.910. The van der Waals surface area contributed by atoms with Crippen molar-refractivity contribution >= 4 is 5.91 Å². The first-order chi connectivity index (χ1) is 23.1. The zero-order valence-electron chi connectivity index (χ0n) is 31.7. The summed E-state index contributed by atoms with van der Waals surface area (Å²) < 4.78 is 0. The molecule has 0 heterocycles. The predicted molar refractivity (Wildman–Crippen MR) is 204 cm³/mol. The van der Waals surface area contributed by atoms with Crippen molar-refractivity contribution in [3.63, 3.8) is 0 Å². The number of carbonyl (C=O) groups is 1. The number of aliphatic hydroxyl groups excluding tert-OH is 3. The van der Waals surface area contributed by atoms with Gasteiger partial charge in [0.1, 0.15) is 6.10 Å². The number of unbranched alkanes of at least 4 members (excludes halogenated alkanes) is 28. The van der Waals surface area contributed by atoms with Crippen molar-refractivity contribution in [2.75, 3.05) is 6.61 Å². The standard InChI is InChI=1S/C42H83NO4/c1-3-5-7-9-11-13-15-17-19-20-21-23-24-26-28-30-32-34-36-40(45)39(38-44)43-42(47)41(46)37-35-33-31-29-27-25-22-18-16-14-12-10-8-6-4-2/h22,25,39-41,44-46H,3-21,23-24,26-38H2,1-2H3,(H,43,47)/b25-22-. The van der Waals surface area contributed by atoms with Crippen molar-refractivity contribution in [2.24, 2.45) is 0 Å². The van der Waals surface area contributed by atoms with E-state index >= 15 is 0 Å². The van der Waals surface area contributed by atoms with E-state index in [1.807, 2.05) is 0 Å². The molecule has 0 aromatic heterocycles. The Morgan fingerprint density at radius 3 is 1.17 bits per heavy atom. The minimum absolute atomic E-state index is 0.314. The highest BCUT2D eigenvalue weighted by Gasteiger charge is 2.23. The molecule has 5 nitrogen and oxygen atoms in total. The second-order valence-corrected chi connectivity index (χ2v) is 14.6. The van der Waals surface area contributed by atoms with Crippen LogP contribution < -0.4 is 5.32 Å². The summed E-state index contributed by atoms with van der Waals surface area (Å²) in [6, 6.07) is -0.712. The molecule has 0 radical (unpaired) electrons. The van der Waals surface area contributed by atoms with Gasteiger partial charge in [0.2, 0.25) is 5.91 Å². The lowest BCUT2D eigenvalue weighted by Gasteiger charge is -2.23. The molecule has 0 spiro atoms. The summed E-state index contributed by atoms with van der Waals surface area (Å²) in [5.41, 5.74) is 0. The lowest BCUT2D eigenvalue weighted by atomic mass is 10.0. The van der Waals surface area contributed by atoms with Crippen molar-refractivity contribution < 1.29 is 20.1 Å². The van der Waals surface area contributed by atoms with Gasteiger partial charge in [-0.1, -0.05) is 199 Å². The van der Waals surface area contributed by atoms with Crippen LogP contribution in [0.4, 0.5) is 0 Å². The molecule has 0 aromatic carbocycles. The summed E-state index contributed by atoms with van der Waals surface area (Å²) >= 11 is 0. The molecule has 4 N–H and O–H groups in total. The van der Waals surface area contributed by atoms with Gasteiger partial charge in [0, 0.05) is 0 Å². The predicted octanol–water partition coefficient (Wildman–Crippen LogP) is 11.7. The number of hydrogen-bond donors (Lipinski definition) is 4. The van der Waals surface area contributed by atoms with Crippen molar-refractivity contribution in [2.45, 2.75) is 244 Å². The van der Waals surface area contributed by atoms with Crippen LogP contribution in [0.25, 0.3) is 0 Å². The summed E-state index contributed by atoms with van der Waals surface area (Å²) in [7, 11) is 0. The van der Waals surface area contributed by atoms with Crippen molar-refractivity contribution in [3.8, 4) is 0 Å². The van der Waals surface area contributed by atoms with Crippen LogP contribution in [0, 0.1) is 0 Å². The third-order valence-electron chi connectivity index (χ3n) is 9.88. The van der Waals surface area contributed by atoms with E-state index in [0.29, 0.717) is 12.8 Å². The van der Waals surface area contributed by atoms with Crippen LogP contribution in [-0.4, -0.2) is 46.1 Å². The van der Waals surface area contributed by atoms with Crippen LogP contribution in [-0.2, 0) is 4.79 Å². The molecular formula is C42H83NO4. The highest BCUT2D eigenvalue weighted by Crippen LogP contribution is 2.16. The van der Waals surface area contributed by atoms with Gasteiger partial charge in [-0.2, -0.15) is 0 Å². The van der Waals surface area contributed by atoms with Crippen molar-refractivity contribution in [1.82, 2.24) is 5.32 Å². The topological polar surface area (TPSA) is 89.8 Å². The average Bonchev–Trinajstić information content (AvgIpc) is 3.07. The smallest absolute Gasteiger partial charge is 0.249 e. The molecule has 0 aliphatic rings. The van der Waals surface area contributed by atoms with E-state index in [1.54, 1.807) is 0 Å². The molecule has 0 rings (SSSR count). The number of allylic oxidation sites excluding steroid dienone is 2. The Balaban J connectivity index is 3.64. The number of aliphatic hydroxyl groups is 3. The molecule has 0 saturated heterocycles. The maximum atomic E-state index is 12.4. The molecule has 5 heteroatoms. The Morgan fingerprint density at radius 1 is 0.489 bits per heavy atom. The monoisotopic (exact) mass is 666 g/mol. The van der Waals surface area contributed by atoms with Gasteiger partial charge in [-0.15, -0.1) is 0 Å². The van der Waals surface area contributed by atoms with E-state index in [1.165, 1.54) is 154 Å². The SMILES string of the molecule is CCCCCCCCC/C=C\CCCCCCC(O)C(=O)NC(CO)C(O)CCCCCCCCCCCCCCCCCCCC. The van der Waals surface area contributed by atoms with Gasteiger partial charge in [0.25, 0.3) is 0 Å². The lowest BCUT2D eigenvalue weighted by Crippen LogP contribution is -2.49. The van der Waals surface area contributed by atoms with E-state index in [2.05, 4.69) is 31.3 Å². The molecule has 280 valence electrons. The second kappa shape index (κ2) is 37.9. The summed E-state index contributed by atoms with van der Waals surface area (Å²) in [6.45, 7) is 4.23. The molecule has 47 heavy (non-hydrogen) atoms. The van der Waals surface area contributed by atoms with Crippen molar-refractivity contribution in [3.05, 3.63) is 12.2 Å². The molecule has 1 amide bonds. The van der Waals surface area contributed by atoms with Crippen LogP contribution in [0.5, 0.6) is 0 Å². The number of rotatable bonds is 38. The van der Waals surface area contributed by atoms with E-state index in [0.717, 1.165) is 44.9 Å². The van der Waals surface area contributed by atoms with E-state index in [4.69, 9.17) is 0 Å². The van der Waals surface area contributed by atoms with E-state index < -0.39 is 24.2 Å². The molecular weight excluding hydrogens is 582 g/mol. The minimum Gasteiger partial charge on any atom is -0.394 e. The largest absolute Gasteiger partial charge is 0.394 e. The van der Waals surface area contributed by atoms with Crippen LogP contribution >= 0.6 is 0 Å². The Kier molecular flexibility index (Phi) is 37.2. The second-order valence-electron chi connectivity index (χ2n) is 14.6. The quantitative estimate of drug-likeness (QED) is 0.0390. The van der Waals surface area contributed by atoms with Gasteiger partial charge in [-0.3, -0.25) is 4.79 Å². The first kappa shape index (κ1) is 46.1. The highest BCUT2D eigenvalue weighted by molar-refractivity contribution is 5.80. The zero-order chi connectivity index (χ0) is 34.5. The molecule has 0 aliphatic heterocycles. The van der Waals surface area contributed by atoms with Gasteiger partial charge in [0.15, 0.2) is 0 Å². The van der Waals surface area contributed by atoms with Gasteiger partial charge in [-0.05, 0) is 38.5 Å². The first-order valence-corrected chi connectivity index (χ1v) is 21.0. The summed E-state index contributed by atoms with van der Waals surface area (Å²) in [4.78, 5) is 12.4. The molecule has 0 aliphatic carbocycles. The number of hydrogen-bond acceptors (Lipinski definition) is 4. The van der Waals surface area contributed by atoms with Gasteiger partial charge in [0.05, 0.1) is 18.8 Å². The molecule has 3 unspecified atom stereocenters. The number of nitrogens with one attached hydrogen (secondary N) is 1. The van der Waals surface area contributed by atoms with Crippen LogP contribution in [0.3, 0.4) is 0 Å². The van der Waals surface area contributed by atoms with Crippen LogP contribution in [0.2, 0.25) is 0 Å². The van der Waals surface area contributed by atoms with Gasteiger partial charge >= 0.3 is 0 Å². The van der Waals surface area contributed by atoms with Crippen LogP contribution in [0.1, 0.15) is 226 Å². The average molecular weight is 666 g/mol. The molecule has 3 atom stereocenters. The van der Waals surface area contributed by atoms with Crippen LogP contribution in [0.15, 0.2) is 12.2 Å². The molecule has 0 aromatic rings. The van der Waals surface area contributed by atoms with Crippen molar-refractivity contribution in [1.29, 1.82) is 0 Å². The van der Waals surface area contributed by atoms with Gasteiger partial charge in [-0.25, -0.2) is 0 Å². The fourth-order valence-corrected chi connectivity index (χ4v) is 6.54. The Morgan fingerprint density at radius 2 is 0.809 bits per heavy atom. The molecule has 0 saturated carbocycles. The fraction of sp³-hybridized carbons (Fsp3) is 0.929. The van der Waals surface area contributed by atoms with E-state index in [-0.39, 0.29) is 6.61 Å². The maximum absolute atomic E-state index is 12.4. The molecule has 0 fully saturated rings. The summed E-state index contributed by atoms with van der Waals surface area (Å²) in [5.74, 6) is -0.478. The maximum Gasteiger partial charge on any atom is 0.249 e. The Bertz CT molecular complexity index is 655. The number of carbonyl (C=O) groups excluding carboxylic acids is 1. The first-order valence-electron chi connectivity index (χ1n) is 21.0. The highest BCUT2D eigenvalue weighted by atomic mass is 16.3. The minimum atomic E-state index is -1.08.